The van der Waals surface area contributed by atoms with Gasteiger partial charge in [0, 0.05) is 17.7 Å². The summed E-state index contributed by atoms with van der Waals surface area (Å²) in [5, 5.41) is 0.0530. The zero-order valence-corrected chi connectivity index (χ0v) is 22.6. The van der Waals surface area contributed by atoms with Crippen molar-refractivity contribution in [2.45, 2.75) is 38.9 Å². The zero-order chi connectivity index (χ0) is 25.3. The minimum atomic E-state index is -2.06. The highest BCUT2D eigenvalue weighted by Crippen LogP contribution is 2.43. The van der Waals surface area contributed by atoms with Gasteiger partial charge in [0.15, 0.2) is 17.2 Å². The van der Waals surface area contributed by atoms with Crippen LogP contribution in [0.1, 0.15) is 26.3 Å². The van der Waals surface area contributed by atoms with E-state index in [4.69, 9.17) is 23.4 Å². The summed E-state index contributed by atoms with van der Waals surface area (Å²) in [6.45, 7) is 11.5. The predicted octanol–water partition coefficient (Wildman–Crippen LogP) is 5.54. The number of rotatable bonds is 8. The fraction of sp³-hybridized carbons (Fsp3) is 0.423. The largest absolute Gasteiger partial charge is 0.541 e. The van der Waals surface area contributed by atoms with E-state index < -0.39 is 8.32 Å². The summed E-state index contributed by atoms with van der Waals surface area (Å²) >= 11 is 0. The lowest BCUT2D eigenvalue weighted by Gasteiger charge is -2.37. The first-order valence-corrected chi connectivity index (χ1v) is 14.1. The van der Waals surface area contributed by atoms with Crippen LogP contribution in [0.5, 0.6) is 28.7 Å². The Kier molecular flexibility index (Phi) is 7.21. The van der Waals surface area contributed by atoms with Gasteiger partial charge in [0.05, 0.1) is 40.7 Å². The summed E-state index contributed by atoms with van der Waals surface area (Å²) in [4.78, 5) is 14.7. The van der Waals surface area contributed by atoms with Crippen LogP contribution in [0.2, 0.25) is 18.1 Å². The number of nitrogens with zero attached hydrogens (tertiary/aromatic N) is 1. The molecular weight excluding hydrogens is 450 g/mol. The van der Waals surface area contributed by atoms with Crippen molar-refractivity contribution in [1.29, 1.82) is 0 Å². The number of benzene rings is 2. The zero-order valence-electron chi connectivity index (χ0n) is 21.6. The molecule has 2 aromatic carbocycles. The van der Waals surface area contributed by atoms with Crippen LogP contribution in [-0.4, -0.2) is 49.2 Å². The molecule has 0 unspecified atom stereocenters. The molecule has 1 amide bonds. The summed E-state index contributed by atoms with van der Waals surface area (Å²) in [6, 6.07) is 9.31. The lowest BCUT2D eigenvalue weighted by atomic mass is 10.0. The molecule has 7 nitrogen and oxygen atoms in total. The van der Waals surface area contributed by atoms with Gasteiger partial charge in [-0.05, 0) is 41.9 Å². The first-order valence-electron chi connectivity index (χ1n) is 11.1. The Balaban J connectivity index is 1.86. The Hall–Kier alpha value is -3.13. The van der Waals surface area contributed by atoms with Gasteiger partial charge >= 0.3 is 0 Å². The second-order valence-electron chi connectivity index (χ2n) is 9.72. The van der Waals surface area contributed by atoms with Gasteiger partial charge in [-0.1, -0.05) is 26.8 Å². The van der Waals surface area contributed by atoms with Crippen molar-refractivity contribution in [3.8, 4) is 28.7 Å². The number of carbonyl (C=O) groups excluding carboxylic acids is 1. The molecule has 2 aromatic rings. The van der Waals surface area contributed by atoms with E-state index >= 15 is 0 Å². The van der Waals surface area contributed by atoms with Crippen molar-refractivity contribution in [3.63, 3.8) is 0 Å². The van der Waals surface area contributed by atoms with Crippen LogP contribution in [0.3, 0.4) is 0 Å². The number of hydrogen-bond acceptors (Lipinski definition) is 6. The number of anilines is 1. The Labute approximate surface area is 203 Å². The van der Waals surface area contributed by atoms with E-state index in [0.717, 1.165) is 5.56 Å². The van der Waals surface area contributed by atoms with Crippen LogP contribution in [0.25, 0.3) is 6.08 Å². The van der Waals surface area contributed by atoms with Crippen molar-refractivity contribution in [1.82, 2.24) is 0 Å². The average Bonchev–Trinajstić information content (AvgIpc) is 2.79. The van der Waals surface area contributed by atoms with E-state index in [1.54, 1.807) is 45.5 Å². The third kappa shape index (κ3) is 4.87. The number of amides is 1. The predicted molar refractivity (Wildman–Crippen MR) is 137 cm³/mol. The van der Waals surface area contributed by atoms with Crippen molar-refractivity contribution < 1.29 is 28.2 Å². The van der Waals surface area contributed by atoms with Crippen molar-refractivity contribution in [2.75, 3.05) is 39.9 Å². The smallest absolute Gasteiger partial charge is 0.256 e. The first-order chi connectivity index (χ1) is 15.9. The molecule has 1 saturated heterocycles. The Morgan fingerprint density at radius 3 is 1.91 bits per heavy atom. The number of ether oxygens (including phenoxy) is 4. The normalized spacial score (nSPS) is 15.1. The number of β-lactam (4-membered cyclic amide) rings is 1. The van der Waals surface area contributed by atoms with Crippen molar-refractivity contribution in [2.24, 2.45) is 0 Å². The van der Waals surface area contributed by atoms with E-state index in [1.807, 2.05) is 24.3 Å². The van der Waals surface area contributed by atoms with E-state index in [1.165, 1.54) is 0 Å². The maximum absolute atomic E-state index is 13.0. The number of hydrogen-bond donors (Lipinski definition) is 0. The Morgan fingerprint density at radius 1 is 0.853 bits per heavy atom. The summed E-state index contributed by atoms with van der Waals surface area (Å²) < 4.78 is 28.2. The van der Waals surface area contributed by atoms with E-state index in [2.05, 4.69) is 33.9 Å². The molecule has 1 aliphatic rings. The Morgan fingerprint density at radius 2 is 1.44 bits per heavy atom. The molecule has 1 heterocycles. The van der Waals surface area contributed by atoms with Crippen LogP contribution < -0.4 is 28.3 Å². The second-order valence-corrected chi connectivity index (χ2v) is 14.4. The molecular formula is C26H35NO6Si. The van der Waals surface area contributed by atoms with E-state index in [9.17, 15) is 4.79 Å². The molecule has 34 heavy (non-hydrogen) atoms. The van der Waals surface area contributed by atoms with Gasteiger partial charge < -0.3 is 28.3 Å². The molecule has 0 N–H and O–H groups in total. The summed E-state index contributed by atoms with van der Waals surface area (Å²) in [5.41, 5.74) is 2.29. The van der Waals surface area contributed by atoms with Crippen LogP contribution in [0.15, 0.2) is 35.9 Å². The Bertz CT molecular complexity index is 1080. The molecule has 3 rings (SSSR count). The summed E-state index contributed by atoms with van der Waals surface area (Å²) in [5.74, 6) is 2.82. The highest BCUT2D eigenvalue weighted by molar-refractivity contribution is 6.74. The molecule has 0 atom stereocenters. The molecule has 184 valence electrons. The van der Waals surface area contributed by atoms with Crippen LogP contribution in [-0.2, 0) is 4.79 Å². The highest BCUT2D eigenvalue weighted by atomic mass is 28.4. The van der Waals surface area contributed by atoms with Gasteiger partial charge in [0.2, 0.25) is 5.75 Å². The minimum absolute atomic E-state index is 0.0530. The molecule has 8 heteroatoms. The molecule has 0 radical (unpaired) electrons. The molecule has 0 bridgehead atoms. The third-order valence-corrected chi connectivity index (χ3v) is 10.9. The fourth-order valence-electron chi connectivity index (χ4n) is 3.42. The van der Waals surface area contributed by atoms with E-state index in [-0.39, 0.29) is 10.9 Å². The SMILES string of the molecule is COc1ccc(/C=C2/CN(c3cc(OC)c(OC)c(OC)c3)C2=O)cc1O[Si](C)(C)C(C)(C)C. The monoisotopic (exact) mass is 485 g/mol. The first kappa shape index (κ1) is 25.5. The molecule has 0 saturated carbocycles. The summed E-state index contributed by atoms with van der Waals surface area (Å²) in [7, 11) is 4.24. The van der Waals surface area contributed by atoms with Gasteiger partial charge in [0.1, 0.15) is 5.75 Å². The van der Waals surface area contributed by atoms with Gasteiger partial charge in [-0.25, -0.2) is 0 Å². The van der Waals surface area contributed by atoms with Gasteiger partial charge in [-0.2, -0.15) is 0 Å². The van der Waals surface area contributed by atoms with Gasteiger partial charge in [0.25, 0.3) is 14.2 Å². The fourth-order valence-corrected chi connectivity index (χ4v) is 4.44. The van der Waals surface area contributed by atoms with E-state index in [0.29, 0.717) is 46.6 Å². The maximum Gasteiger partial charge on any atom is 0.256 e. The maximum atomic E-state index is 13.0. The highest BCUT2D eigenvalue weighted by Gasteiger charge is 2.39. The summed E-state index contributed by atoms with van der Waals surface area (Å²) in [6.07, 6.45) is 1.90. The van der Waals surface area contributed by atoms with Crippen LogP contribution in [0, 0.1) is 0 Å². The lowest BCUT2D eigenvalue weighted by Crippen LogP contribution is -2.46. The lowest BCUT2D eigenvalue weighted by molar-refractivity contribution is -0.117. The number of carbonyl (C=O) groups is 1. The molecule has 0 aromatic heterocycles. The van der Waals surface area contributed by atoms with Gasteiger partial charge in [-0.15, -0.1) is 0 Å². The molecule has 0 aliphatic carbocycles. The quantitative estimate of drug-likeness (QED) is 0.278. The van der Waals surface area contributed by atoms with Gasteiger partial charge in [-0.3, -0.25) is 4.79 Å². The molecule has 1 fully saturated rings. The van der Waals surface area contributed by atoms with Crippen LogP contribution >= 0.6 is 0 Å². The molecule has 1 aliphatic heterocycles. The topological polar surface area (TPSA) is 66.5 Å². The van der Waals surface area contributed by atoms with Crippen molar-refractivity contribution in [3.05, 3.63) is 41.5 Å². The van der Waals surface area contributed by atoms with Crippen molar-refractivity contribution >= 4 is 26.0 Å². The third-order valence-electron chi connectivity index (χ3n) is 6.51. The number of methoxy groups -OCH3 is 4. The second kappa shape index (κ2) is 9.62. The van der Waals surface area contributed by atoms with Crippen LogP contribution in [0.4, 0.5) is 5.69 Å². The average molecular weight is 486 g/mol. The molecule has 0 spiro atoms. The minimum Gasteiger partial charge on any atom is -0.541 e. The standard InChI is InChI=1S/C26H35NO6Si/c1-26(2,3)34(8,9)33-21-13-17(10-11-20(21)29-4)12-18-16-27(25(18)28)19-14-22(30-5)24(32-7)23(15-19)31-6/h10-15H,16H2,1-9H3/b18-12-.